The summed E-state index contributed by atoms with van der Waals surface area (Å²) in [5, 5.41) is 6.40. The van der Waals surface area contributed by atoms with Gasteiger partial charge in [-0.25, -0.2) is 0 Å². The van der Waals surface area contributed by atoms with E-state index in [4.69, 9.17) is 5.73 Å². The molecule has 1 aromatic rings. The summed E-state index contributed by atoms with van der Waals surface area (Å²) < 4.78 is 0. The maximum Gasteiger partial charge on any atom is 0.271 e. The van der Waals surface area contributed by atoms with E-state index in [1.54, 1.807) is 17.2 Å². The summed E-state index contributed by atoms with van der Waals surface area (Å²) in [5.74, 6) is -0.0153. The fourth-order valence-electron chi connectivity index (χ4n) is 1.23. The number of carbonyl (C=O) groups is 1. The molecule has 3 N–H and O–H groups in total. The second kappa shape index (κ2) is 5.39. The molecule has 0 spiro atoms. The highest BCUT2D eigenvalue weighted by Crippen LogP contribution is 2.00. The second-order valence-electron chi connectivity index (χ2n) is 3.00. The largest absolute Gasteiger partial charge is 0.338 e. The number of hydrogen-bond acceptors (Lipinski definition) is 3. The Morgan fingerprint density at radius 3 is 3.00 bits per heavy atom. The first-order valence-electron chi connectivity index (χ1n) is 4.78. The minimum atomic E-state index is -0.0153. The Balaban J connectivity index is 2.56. The van der Waals surface area contributed by atoms with E-state index in [1.165, 1.54) is 0 Å². The predicted octanol–water partition coefficient (Wildman–Crippen LogP) is 0.221. The average molecular weight is 196 g/mol. The van der Waals surface area contributed by atoms with E-state index in [2.05, 4.69) is 10.2 Å². The summed E-state index contributed by atoms with van der Waals surface area (Å²) in [4.78, 5) is 13.5. The summed E-state index contributed by atoms with van der Waals surface area (Å²) >= 11 is 0. The SMILES string of the molecule is CCN(CCCN)C(=O)c1ccn[nH]1. The zero-order valence-electron chi connectivity index (χ0n) is 8.36. The molecule has 0 atom stereocenters. The van der Waals surface area contributed by atoms with E-state index < -0.39 is 0 Å². The van der Waals surface area contributed by atoms with Crippen LogP contribution in [0.1, 0.15) is 23.8 Å². The lowest BCUT2D eigenvalue weighted by molar-refractivity contribution is 0.0757. The van der Waals surface area contributed by atoms with Crippen molar-refractivity contribution in [1.82, 2.24) is 15.1 Å². The third-order valence-corrected chi connectivity index (χ3v) is 2.03. The van der Waals surface area contributed by atoms with Crippen molar-refractivity contribution in [3.05, 3.63) is 18.0 Å². The van der Waals surface area contributed by atoms with Gasteiger partial charge in [-0.2, -0.15) is 5.10 Å². The van der Waals surface area contributed by atoms with Crippen LogP contribution in [0.25, 0.3) is 0 Å². The molecular weight excluding hydrogens is 180 g/mol. The molecule has 78 valence electrons. The van der Waals surface area contributed by atoms with Crippen molar-refractivity contribution >= 4 is 5.91 Å². The van der Waals surface area contributed by atoms with Gasteiger partial charge in [0.15, 0.2) is 0 Å². The van der Waals surface area contributed by atoms with Crippen LogP contribution in [0.2, 0.25) is 0 Å². The van der Waals surface area contributed by atoms with E-state index in [0.717, 1.165) is 6.42 Å². The number of aromatic nitrogens is 2. The highest BCUT2D eigenvalue weighted by Gasteiger charge is 2.13. The first kappa shape index (κ1) is 10.7. The lowest BCUT2D eigenvalue weighted by atomic mass is 10.3. The first-order valence-corrected chi connectivity index (χ1v) is 4.78. The average Bonchev–Trinajstić information content (AvgIpc) is 2.71. The quantitative estimate of drug-likeness (QED) is 0.707. The zero-order valence-corrected chi connectivity index (χ0v) is 8.36. The molecular formula is C9H16N4O. The van der Waals surface area contributed by atoms with E-state index in [9.17, 15) is 4.79 Å². The van der Waals surface area contributed by atoms with E-state index >= 15 is 0 Å². The van der Waals surface area contributed by atoms with Crippen LogP contribution in [0.4, 0.5) is 0 Å². The van der Waals surface area contributed by atoms with Crippen molar-refractivity contribution in [3.63, 3.8) is 0 Å². The van der Waals surface area contributed by atoms with Crippen molar-refractivity contribution in [1.29, 1.82) is 0 Å². The van der Waals surface area contributed by atoms with Gasteiger partial charge in [-0.15, -0.1) is 0 Å². The summed E-state index contributed by atoms with van der Waals surface area (Å²) in [7, 11) is 0. The lowest BCUT2D eigenvalue weighted by Gasteiger charge is -2.19. The lowest BCUT2D eigenvalue weighted by Crippen LogP contribution is -2.33. The van der Waals surface area contributed by atoms with Crippen LogP contribution in [-0.2, 0) is 0 Å². The van der Waals surface area contributed by atoms with Crippen LogP contribution >= 0.6 is 0 Å². The number of H-pyrrole nitrogens is 1. The van der Waals surface area contributed by atoms with Gasteiger partial charge in [0.25, 0.3) is 5.91 Å². The van der Waals surface area contributed by atoms with Crippen LogP contribution in [0, 0.1) is 0 Å². The molecule has 0 radical (unpaired) electrons. The Morgan fingerprint density at radius 2 is 2.50 bits per heavy atom. The summed E-state index contributed by atoms with van der Waals surface area (Å²) in [6.07, 6.45) is 2.40. The summed E-state index contributed by atoms with van der Waals surface area (Å²) in [5.41, 5.74) is 5.92. The van der Waals surface area contributed by atoms with Crippen LogP contribution in [0.3, 0.4) is 0 Å². The van der Waals surface area contributed by atoms with Gasteiger partial charge >= 0.3 is 0 Å². The number of nitrogens with one attached hydrogen (secondary N) is 1. The normalized spacial score (nSPS) is 10.1. The molecule has 14 heavy (non-hydrogen) atoms. The number of nitrogens with zero attached hydrogens (tertiary/aromatic N) is 2. The van der Waals surface area contributed by atoms with Crippen molar-refractivity contribution in [2.75, 3.05) is 19.6 Å². The molecule has 1 amide bonds. The minimum Gasteiger partial charge on any atom is -0.338 e. The van der Waals surface area contributed by atoms with Gasteiger partial charge in [-0.3, -0.25) is 9.89 Å². The topological polar surface area (TPSA) is 75.0 Å². The number of carbonyl (C=O) groups excluding carboxylic acids is 1. The Hall–Kier alpha value is -1.36. The third kappa shape index (κ3) is 2.56. The van der Waals surface area contributed by atoms with Gasteiger partial charge in [0.2, 0.25) is 0 Å². The van der Waals surface area contributed by atoms with Gasteiger partial charge in [0, 0.05) is 19.3 Å². The van der Waals surface area contributed by atoms with Gasteiger partial charge in [-0.05, 0) is 26.0 Å². The number of aromatic amines is 1. The molecule has 0 aromatic carbocycles. The van der Waals surface area contributed by atoms with E-state index in [1.807, 2.05) is 6.92 Å². The van der Waals surface area contributed by atoms with Crippen molar-refractivity contribution in [2.24, 2.45) is 5.73 Å². The zero-order chi connectivity index (χ0) is 10.4. The molecule has 5 nitrogen and oxygen atoms in total. The van der Waals surface area contributed by atoms with Gasteiger partial charge in [0.05, 0.1) is 0 Å². The molecule has 0 fully saturated rings. The molecule has 0 saturated heterocycles. The minimum absolute atomic E-state index is 0.0153. The van der Waals surface area contributed by atoms with Crippen molar-refractivity contribution in [2.45, 2.75) is 13.3 Å². The monoisotopic (exact) mass is 196 g/mol. The standard InChI is InChI=1S/C9H16N4O/c1-2-13(7-3-5-10)9(14)8-4-6-11-12-8/h4,6H,2-3,5,7,10H2,1H3,(H,11,12). The van der Waals surface area contributed by atoms with Crippen molar-refractivity contribution in [3.8, 4) is 0 Å². The van der Waals surface area contributed by atoms with Crippen LogP contribution in [0.15, 0.2) is 12.3 Å². The Kier molecular flexibility index (Phi) is 4.12. The van der Waals surface area contributed by atoms with E-state index in [-0.39, 0.29) is 5.91 Å². The van der Waals surface area contributed by atoms with Gasteiger partial charge < -0.3 is 10.6 Å². The van der Waals surface area contributed by atoms with Gasteiger partial charge in [-0.1, -0.05) is 0 Å². The number of nitrogens with two attached hydrogens (primary N) is 1. The number of hydrogen-bond donors (Lipinski definition) is 2. The van der Waals surface area contributed by atoms with Gasteiger partial charge in [0.1, 0.15) is 5.69 Å². The molecule has 5 heteroatoms. The smallest absolute Gasteiger partial charge is 0.271 e. The fraction of sp³-hybridized carbons (Fsp3) is 0.556. The number of rotatable bonds is 5. The first-order chi connectivity index (χ1) is 6.79. The molecule has 0 bridgehead atoms. The number of amides is 1. The molecule has 0 aliphatic heterocycles. The third-order valence-electron chi connectivity index (χ3n) is 2.03. The summed E-state index contributed by atoms with van der Waals surface area (Å²) in [6, 6.07) is 1.67. The maximum atomic E-state index is 11.8. The van der Waals surface area contributed by atoms with Crippen LogP contribution in [-0.4, -0.2) is 40.6 Å². The van der Waals surface area contributed by atoms with Crippen LogP contribution < -0.4 is 5.73 Å². The molecule has 0 unspecified atom stereocenters. The molecule has 1 heterocycles. The highest BCUT2D eigenvalue weighted by molar-refractivity contribution is 5.92. The molecule has 1 rings (SSSR count). The molecule has 0 aliphatic rings. The highest BCUT2D eigenvalue weighted by atomic mass is 16.2. The van der Waals surface area contributed by atoms with Crippen molar-refractivity contribution < 1.29 is 4.79 Å². The van der Waals surface area contributed by atoms with E-state index in [0.29, 0.717) is 25.3 Å². The fourth-order valence-corrected chi connectivity index (χ4v) is 1.23. The Morgan fingerprint density at radius 1 is 1.71 bits per heavy atom. The molecule has 0 aliphatic carbocycles. The summed E-state index contributed by atoms with van der Waals surface area (Å²) in [6.45, 7) is 3.94. The second-order valence-corrected chi connectivity index (χ2v) is 3.00. The van der Waals surface area contributed by atoms with Crippen LogP contribution in [0.5, 0.6) is 0 Å². The predicted molar refractivity (Wildman–Crippen MR) is 53.8 cm³/mol. The molecule has 0 saturated carbocycles. The Labute approximate surface area is 83.3 Å². The maximum absolute atomic E-state index is 11.8. The molecule has 1 aromatic heterocycles. The Bertz CT molecular complexity index is 270.